The maximum Gasteiger partial charge on any atom is 0.192 e. The zero-order valence-corrected chi connectivity index (χ0v) is 14.0. The fraction of sp³-hybridized carbons (Fsp3) is 0.235. The van der Waals surface area contributed by atoms with Crippen LogP contribution in [0.2, 0.25) is 5.02 Å². The first-order valence-electron chi connectivity index (χ1n) is 7.54. The van der Waals surface area contributed by atoms with Crippen molar-refractivity contribution in [1.82, 2.24) is 19.7 Å². The lowest BCUT2D eigenvalue weighted by Gasteiger charge is -2.08. The van der Waals surface area contributed by atoms with Gasteiger partial charge in [-0.2, -0.15) is 0 Å². The molecule has 1 fully saturated rings. The average Bonchev–Trinajstić information content (AvgIpc) is 3.33. The zero-order valence-electron chi connectivity index (χ0n) is 12.4. The third-order valence-corrected chi connectivity index (χ3v) is 5.02. The normalized spacial score (nSPS) is 14.1. The van der Waals surface area contributed by atoms with Gasteiger partial charge in [0.2, 0.25) is 0 Å². The predicted molar refractivity (Wildman–Crippen MR) is 92.5 cm³/mol. The molecule has 1 aliphatic rings. The maximum absolute atomic E-state index is 6.05. The fourth-order valence-corrected chi connectivity index (χ4v) is 3.67. The van der Waals surface area contributed by atoms with E-state index >= 15 is 0 Å². The van der Waals surface area contributed by atoms with Crippen molar-refractivity contribution in [1.29, 1.82) is 0 Å². The summed E-state index contributed by atoms with van der Waals surface area (Å²) in [6.07, 6.45) is 5.97. The van der Waals surface area contributed by atoms with E-state index in [9.17, 15) is 0 Å². The number of halogens is 1. The third-order valence-electron chi connectivity index (χ3n) is 3.77. The summed E-state index contributed by atoms with van der Waals surface area (Å²) in [6.45, 7) is 0. The Bertz CT molecular complexity index is 814. The minimum Gasteiger partial charge on any atom is -0.299 e. The standard InChI is InChI=1S/C17H15ClN4S/c18-14-3-1-2-12(10-14)11-23-17-21-20-16(22(17)15-4-5-15)13-6-8-19-9-7-13/h1-3,6-10,15H,4-5,11H2. The molecule has 0 N–H and O–H groups in total. The van der Waals surface area contributed by atoms with Crippen LogP contribution in [0.5, 0.6) is 0 Å². The summed E-state index contributed by atoms with van der Waals surface area (Å²) in [5.41, 5.74) is 2.26. The van der Waals surface area contributed by atoms with Crippen molar-refractivity contribution in [3.05, 3.63) is 59.4 Å². The third kappa shape index (κ3) is 3.26. The Morgan fingerprint density at radius 3 is 2.70 bits per heavy atom. The number of thioether (sulfide) groups is 1. The Kier molecular flexibility index (Phi) is 4.06. The molecule has 0 aliphatic heterocycles. The molecule has 0 bridgehead atoms. The number of nitrogens with zero attached hydrogens (tertiary/aromatic N) is 4. The molecule has 2 heterocycles. The summed E-state index contributed by atoms with van der Waals surface area (Å²) < 4.78 is 2.27. The van der Waals surface area contributed by atoms with Crippen LogP contribution in [0.1, 0.15) is 24.4 Å². The number of rotatable bonds is 5. The summed E-state index contributed by atoms with van der Waals surface area (Å²) in [7, 11) is 0. The highest BCUT2D eigenvalue weighted by molar-refractivity contribution is 7.98. The Balaban J connectivity index is 1.61. The second-order valence-electron chi connectivity index (χ2n) is 5.56. The number of hydrogen-bond acceptors (Lipinski definition) is 4. The maximum atomic E-state index is 6.05. The van der Waals surface area contributed by atoms with Gasteiger partial charge in [0, 0.05) is 34.8 Å². The molecular weight excluding hydrogens is 328 g/mol. The van der Waals surface area contributed by atoms with Crippen LogP contribution >= 0.6 is 23.4 Å². The van der Waals surface area contributed by atoms with Gasteiger partial charge in [0.05, 0.1) is 0 Å². The van der Waals surface area contributed by atoms with Gasteiger partial charge in [0.1, 0.15) is 0 Å². The SMILES string of the molecule is Clc1cccc(CSc2nnc(-c3ccncc3)n2C2CC2)c1. The van der Waals surface area contributed by atoms with Gasteiger partial charge in [0.25, 0.3) is 0 Å². The highest BCUT2D eigenvalue weighted by atomic mass is 35.5. The van der Waals surface area contributed by atoms with Gasteiger partial charge in [-0.3, -0.25) is 9.55 Å². The van der Waals surface area contributed by atoms with Crippen molar-refractivity contribution < 1.29 is 0 Å². The number of hydrogen-bond donors (Lipinski definition) is 0. The molecule has 0 amide bonds. The van der Waals surface area contributed by atoms with E-state index in [0.717, 1.165) is 27.3 Å². The summed E-state index contributed by atoms with van der Waals surface area (Å²) in [4.78, 5) is 4.08. The smallest absolute Gasteiger partial charge is 0.192 e. The molecule has 23 heavy (non-hydrogen) atoms. The van der Waals surface area contributed by atoms with Crippen molar-refractivity contribution in [2.75, 3.05) is 0 Å². The van der Waals surface area contributed by atoms with Crippen LogP contribution in [0.25, 0.3) is 11.4 Å². The molecule has 4 nitrogen and oxygen atoms in total. The first-order valence-corrected chi connectivity index (χ1v) is 8.90. The molecule has 0 spiro atoms. The van der Waals surface area contributed by atoms with E-state index in [-0.39, 0.29) is 0 Å². The van der Waals surface area contributed by atoms with Gasteiger partial charge in [0.15, 0.2) is 11.0 Å². The van der Waals surface area contributed by atoms with E-state index in [1.165, 1.54) is 18.4 Å². The lowest BCUT2D eigenvalue weighted by Crippen LogP contribution is -1.99. The van der Waals surface area contributed by atoms with Gasteiger partial charge in [-0.15, -0.1) is 10.2 Å². The molecule has 2 aromatic heterocycles. The fourth-order valence-electron chi connectivity index (χ4n) is 2.51. The second-order valence-corrected chi connectivity index (χ2v) is 6.94. The Morgan fingerprint density at radius 1 is 1.13 bits per heavy atom. The predicted octanol–water partition coefficient (Wildman–Crippen LogP) is 4.62. The van der Waals surface area contributed by atoms with E-state index in [2.05, 4.69) is 25.8 Å². The molecule has 1 aliphatic carbocycles. The average molecular weight is 343 g/mol. The molecule has 0 saturated heterocycles. The summed E-state index contributed by atoms with van der Waals surface area (Å²) in [5, 5.41) is 10.6. The van der Waals surface area contributed by atoms with Crippen LogP contribution in [0.3, 0.4) is 0 Å². The minimum atomic E-state index is 0.523. The molecule has 116 valence electrons. The van der Waals surface area contributed by atoms with E-state index < -0.39 is 0 Å². The number of aromatic nitrogens is 4. The van der Waals surface area contributed by atoms with E-state index in [1.54, 1.807) is 24.2 Å². The van der Waals surface area contributed by atoms with Crippen LogP contribution in [-0.2, 0) is 5.75 Å². The summed E-state index contributed by atoms with van der Waals surface area (Å²) in [6, 6.07) is 12.4. The Labute approximate surface area is 143 Å². The highest BCUT2D eigenvalue weighted by Crippen LogP contribution is 2.41. The van der Waals surface area contributed by atoms with Crippen molar-refractivity contribution in [3.63, 3.8) is 0 Å². The lowest BCUT2D eigenvalue weighted by molar-refractivity contribution is 0.669. The van der Waals surface area contributed by atoms with Gasteiger partial charge in [-0.05, 0) is 42.7 Å². The van der Waals surface area contributed by atoms with E-state index in [4.69, 9.17) is 11.6 Å². The molecule has 1 aromatic carbocycles. The molecule has 6 heteroatoms. The molecule has 0 unspecified atom stereocenters. The first-order chi connectivity index (χ1) is 11.3. The topological polar surface area (TPSA) is 43.6 Å². The molecule has 1 saturated carbocycles. The van der Waals surface area contributed by atoms with Crippen LogP contribution in [-0.4, -0.2) is 19.7 Å². The van der Waals surface area contributed by atoms with E-state index in [1.807, 2.05) is 30.3 Å². The van der Waals surface area contributed by atoms with Crippen molar-refractivity contribution >= 4 is 23.4 Å². The quantitative estimate of drug-likeness (QED) is 0.634. The Hall–Kier alpha value is -1.85. The van der Waals surface area contributed by atoms with Crippen molar-refractivity contribution in [2.45, 2.75) is 29.8 Å². The van der Waals surface area contributed by atoms with Crippen LogP contribution in [0.15, 0.2) is 53.9 Å². The largest absolute Gasteiger partial charge is 0.299 e. The van der Waals surface area contributed by atoms with E-state index in [0.29, 0.717) is 6.04 Å². The van der Waals surface area contributed by atoms with Gasteiger partial charge in [-0.25, -0.2) is 0 Å². The van der Waals surface area contributed by atoms with Crippen molar-refractivity contribution in [2.24, 2.45) is 0 Å². The molecule has 4 rings (SSSR count). The zero-order chi connectivity index (χ0) is 15.6. The van der Waals surface area contributed by atoms with Gasteiger partial charge < -0.3 is 0 Å². The van der Waals surface area contributed by atoms with Gasteiger partial charge >= 0.3 is 0 Å². The minimum absolute atomic E-state index is 0.523. The summed E-state index contributed by atoms with van der Waals surface area (Å²) >= 11 is 7.76. The van der Waals surface area contributed by atoms with Crippen LogP contribution < -0.4 is 0 Å². The Morgan fingerprint density at radius 2 is 1.96 bits per heavy atom. The molecular formula is C17H15ClN4S. The highest BCUT2D eigenvalue weighted by Gasteiger charge is 2.30. The van der Waals surface area contributed by atoms with Crippen LogP contribution in [0.4, 0.5) is 0 Å². The molecule has 0 radical (unpaired) electrons. The second kappa shape index (κ2) is 6.34. The molecule has 0 atom stereocenters. The monoisotopic (exact) mass is 342 g/mol. The lowest BCUT2D eigenvalue weighted by atomic mass is 10.2. The van der Waals surface area contributed by atoms with Gasteiger partial charge in [-0.1, -0.05) is 35.5 Å². The number of pyridine rings is 1. The number of benzene rings is 1. The summed E-state index contributed by atoms with van der Waals surface area (Å²) in [5.74, 6) is 1.77. The first kappa shape index (κ1) is 14.7. The van der Waals surface area contributed by atoms with Crippen molar-refractivity contribution in [3.8, 4) is 11.4 Å². The van der Waals surface area contributed by atoms with Crippen LogP contribution in [0, 0.1) is 0 Å². The molecule has 3 aromatic rings.